The molecule has 6 nitrogen and oxygen atoms in total. The maximum absolute atomic E-state index is 13.0. The van der Waals surface area contributed by atoms with Gasteiger partial charge in [-0.05, 0) is 51.4 Å². The van der Waals surface area contributed by atoms with Gasteiger partial charge >= 0.3 is 17.9 Å². The van der Waals surface area contributed by atoms with E-state index in [1.807, 2.05) is 0 Å². The quantitative estimate of drug-likeness (QED) is 0.0261. The third kappa shape index (κ3) is 70.3. The van der Waals surface area contributed by atoms with Gasteiger partial charge in [0.25, 0.3) is 0 Å². The number of hydrogen-bond acceptors (Lipinski definition) is 6. The SMILES string of the molecule is CC/C=C\C/C=C\C/C=C\CCCCCC(=O)OCC(COC(=O)CCCCCCCCCCCCCCCCCCCCCCCCCCCCCC)OC(=O)CCCCCCCCCCCCCCCCCCCCCCCCCC. The Labute approximate surface area is 518 Å². The van der Waals surface area contributed by atoms with Crippen LogP contribution < -0.4 is 0 Å². The number of hydrogen-bond donors (Lipinski definition) is 0. The molecule has 0 rings (SSSR count). The Morgan fingerprint density at radius 1 is 0.253 bits per heavy atom. The lowest BCUT2D eigenvalue weighted by molar-refractivity contribution is -0.167. The van der Waals surface area contributed by atoms with Crippen LogP contribution in [0.25, 0.3) is 0 Å². The Morgan fingerprint density at radius 3 is 0.735 bits per heavy atom. The van der Waals surface area contributed by atoms with Crippen LogP contribution in [0.4, 0.5) is 0 Å². The van der Waals surface area contributed by atoms with Gasteiger partial charge in [0.15, 0.2) is 6.10 Å². The molecule has 0 aromatic heterocycles. The van der Waals surface area contributed by atoms with E-state index in [0.717, 1.165) is 83.5 Å². The van der Waals surface area contributed by atoms with Crippen LogP contribution in [0.1, 0.15) is 419 Å². The van der Waals surface area contributed by atoms with E-state index in [1.165, 1.54) is 295 Å². The molecule has 0 heterocycles. The van der Waals surface area contributed by atoms with Crippen molar-refractivity contribution in [2.75, 3.05) is 13.2 Å². The van der Waals surface area contributed by atoms with Crippen molar-refractivity contribution in [2.45, 2.75) is 425 Å². The van der Waals surface area contributed by atoms with Gasteiger partial charge in [-0.1, -0.05) is 385 Å². The van der Waals surface area contributed by atoms with E-state index in [1.54, 1.807) is 0 Å². The molecule has 0 aromatic carbocycles. The summed E-state index contributed by atoms with van der Waals surface area (Å²) in [6.07, 6.45) is 90.7. The molecule has 1 unspecified atom stereocenters. The highest BCUT2D eigenvalue weighted by atomic mass is 16.6. The second kappa shape index (κ2) is 72.1. The second-order valence-electron chi connectivity index (χ2n) is 25.5. The van der Waals surface area contributed by atoms with Crippen LogP contribution >= 0.6 is 0 Å². The van der Waals surface area contributed by atoms with Gasteiger partial charge in [0.1, 0.15) is 13.2 Å². The van der Waals surface area contributed by atoms with Crippen molar-refractivity contribution < 1.29 is 28.6 Å². The smallest absolute Gasteiger partial charge is 0.306 e. The van der Waals surface area contributed by atoms with Gasteiger partial charge in [-0.2, -0.15) is 0 Å². The molecule has 0 aliphatic heterocycles. The lowest BCUT2D eigenvalue weighted by atomic mass is 10.0. The van der Waals surface area contributed by atoms with Crippen molar-refractivity contribution in [3.8, 4) is 0 Å². The predicted octanol–water partition coefficient (Wildman–Crippen LogP) is 25.9. The third-order valence-corrected chi connectivity index (χ3v) is 17.2. The fraction of sp³-hybridized carbons (Fsp3) is 0.883. The Kier molecular flexibility index (Phi) is 70.0. The number of unbranched alkanes of at least 4 members (excludes halogenated alkanes) is 53. The molecule has 0 spiro atoms. The van der Waals surface area contributed by atoms with Gasteiger partial charge in [-0.25, -0.2) is 0 Å². The zero-order valence-corrected chi connectivity index (χ0v) is 56.2. The van der Waals surface area contributed by atoms with Gasteiger partial charge in [0, 0.05) is 19.3 Å². The fourth-order valence-corrected chi connectivity index (χ4v) is 11.6. The van der Waals surface area contributed by atoms with Crippen LogP contribution in [0.5, 0.6) is 0 Å². The maximum Gasteiger partial charge on any atom is 0.306 e. The number of ether oxygens (including phenoxy) is 3. The summed E-state index contributed by atoms with van der Waals surface area (Å²) in [5, 5.41) is 0. The number of allylic oxidation sites excluding steroid dienone is 6. The standard InChI is InChI=1S/C77H144O6/c1-4-7-10-13-16-19-22-25-27-29-31-33-35-37-38-39-40-42-43-45-47-49-52-55-58-61-64-67-70-76(79)82-73-74(72-81-75(78)69-66-63-60-57-54-51-24-21-18-15-12-9-6-3)83-77(80)71-68-65-62-59-56-53-50-48-46-44-41-36-34-32-30-28-26-23-20-17-14-11-8-5-2/h9,12,18,21,51,54,74H,4-8,10-11,13-17,19-20,22-50,52-53,55-73H2,1-3H3/b12-9-,21-18-,54-51-. The van der Waals surface area contributed by atoms with E-state index in [2.05, 4.69) is 57.2 Å². The van der Waals surface area contributed by atoms with Gasteiger partial charge in [-0.15, -0.1) is 0 Å². The molecule has 488 valence electrons. The molecule has 0 amide bonds. The molecule has 0 bridgehead atoms. The van der Waals surface area contributed by atoms with Crippen molar-refractivity contribution in [2.24, 2.45) is 0 Å². The summed E-state index contributed by atoms with van der Waals surface area (Å²) < 4.78 is 17.0. The van der Waals surface area contributed by atoms with Crippen LogP contribution in [0.2, 0.25) is 0 Å². The van der Waals surface area contributed by atoms with Crippen LogP contribution in [0, 0.1) is 0 Å². The molecule has 0 fully saturated rings. The molecule has 1 atom stereocenters. The Balaban J connectivity index is 4.18. The number of carbonyl (C=O) groups excluding carboxylic acids is 3. The average Bonchev–Trinajstić information content (AvgIpc) is 3.49. The van der Waals surface area contributed by atoms with E-state index in [4.69, 9.17) is 14.2 Å². The van der Waals surface area contributed by atoms with E-state index in [-0.39, 0.29) is 31.1 Å². The normalized spacial score (nSPS) is 12.2. The molecule has 83 heavy (non-hydrogen) atoms. The van der Waals surface area contributed by atoms with Crippen molar-refractivity contribution in [3.63, 3.8) is 0 Å². The average molecular weight is 1170 g/mol. The van der Waals surface area contributed by atoms with Gasteiger partial charge < -0.3 is 14.2 Å². The first-order valence-corrected chi connectivity index (χ1v) is 37.5. The Hall–Kier alpha value is -2.37. The molecule has 0 aliphatic carbocycles. The van der Waals surface area contributed by atoms with Crippen LogP contribution in [-0.2, 0) is 28.6 Å². The van der Waals surface area contributed by atoms with Crippen molar-refractivity contribution in [1.29, 1.82) is 0 Å². The zero-order chi connectivity index (χ0) is 59.9. The van der Waals surface area contributed by atoms with Gasteiger partial charge in [0.2, 0.25) is 0 Å². The Morgan fingerprint density at radius 2 is 0.470 bits per heavy atom. The summed E-state index contributed by atoms with van der Waals surface area (Å²) in [5.41, 5.74) is 0. The van der Waals surface area contributed by atoms with Crippen LogP contribution in [-0.4, -0.2) is 37.2 Å². The Bertz CT molecular complexity index is 1380. The number of rotatable bonds is 70. The first-order chi connectivity index (χ1) is 41.0. The van der Waals surface area contributed by atoms with E-state index in [9.17, 15) is 14.4 Å². The minimum Gasteiger partial charge on any atom is -0.462 e. The highest BCUT2D eigenvalue weighted by molar-refractivity contribution is 5.71. The van der Waals surface area contributed by atoms with E-state index < -0.39 is 6.10 Å². The molecular weight excluding hydrogens is 1020 g/mol. The second-order valence-corrected chi connectivity index (χ2v) is 25.5. The summed E-state index contributed by atoms with van der Waals surface area (Å²) >= 11 is 0. The first-order valence-electron chi connectivity index (χ1n) is 37.5. The molecule has 0 aliphatic rings. The number of carbonyl (C=O) groups is 3. The summed E-state index contributed by atoms with van der Waals surface area (Å²) in [6, 6.07) is 0. The van der Waals surface area contributed by atoms with Crippen molar-refractivity contribution in [3.05, 3.63) is 36.5 Å². The minimum absolute atomic E-state index is 0.0756. The van der Waals surface area contributed by atoms with E-state index in [0.29, 0.717) is 19.3 Å². The molecule has 0 saturated heterocycles. The lowest BCUT2D eigenvalue weighted by Crippen LogP contribution is -2.30. The molecule has 0 radical (unpaired) electrons. The maximum atomic E-state index is 13.0. The molecule has 0 N–H and O–H groups in total. The zero-order valence-electron chi connectivity index (χ0n) is 56.2. The predicted molar refractivity (Wildman–Crippen MR) is 362 cm³/mol. The minimum atomic E-state index is -0.782. The third-order valence-electron chi connectivity index (χ3n) is 17.2. The van der Waals surface area contributed by atoms with Crippen LogP contribution in [0.3, 0.4) is 0 Å². The number of esters is 3. The lowest BCUT2D eigenvalue weighted by Gasteiger charge is -2.18. The summed E-state index contributed by atoms with van der Waals surface area (Å²) in [7, 11) is 0. The first kappa shape index (κ1) is 80.6. The fourth-order valence-electron chi connectivity index (χ4n) is 11.6. The van der Waals surface area contributed by atoms with E-state index >= 15 is 0 Å². The summed E-state index contributed by atoms with van der Waals surface area (Å²) in [5.74, 6) is -0.874. The molecule has 0 saturated carbocycles. The summed E-state index contributed by atoms with van der Waals surface area (Å²) in [6.45, 7) is 6.59. The van der Waals surface area contributed by atoms with Crippen molar-refractivity contribution >= 4 is 17.9 Å². The largest absolute Gasteiger partial charge is 0.462 e. The molecule has 6 heteroatoms. The van der Waals surface area contributed by atoms with Crippen LogP contribution in [0.15, 0.2) is 36.5 Å². The topological polar surface area (TPSA) is 78.9 Å². The molecular formula is C77H144O6. The van der Waals surface area contributed by atoms with Crippen molar-refractivity contribution in [1.82, 2.24) is 0 Å². The molecule has 0 aromatic rings. The highest BCUT2D eigenvalue weighted by Gasteiger charge is 2.20. The monoisotopic (exact) mass is 1170 g/mol. The highest BCUT2D eigenvalue weighted by Crippen LogP contribution is 2.20. The van der Waals surface area contributed by atoms with Gasteiger partial charge in [0.05, 0.1) is 0 Å². The van der Waals surface area contributed by atoms with Gasteiger partial charge in [-0.3, -0.25) is 14.4 Å². The summed E-state index contributed by atoms with van der Waals surface area (Å²) in [4.78, 5) is 38.5.